The molecular formula is C24H13Cl3N4O2S2. The van der Waals surface area contributed by atoms with Crippen molar-refractivity contribution in [3.05, 3.63) is 87.0 Å². The van der Waals surface area contributed by atoms with Crippen LogP contribution < -0.4 is 15.4 Å². The van der Waals surface area contributed by atoms with Crippen molar-refractivity contribution in [1.82, 2.24) is 9.97 Å². The Morgan fingerprint density at radius 2 is 1.43 bits per heavy atom. The molecule has 1 unspecified atom stereocenters. The molecule has 0 radical (unpaired) electrons. The molecule has 0 fully saturated rings. The first-order valence-electron chi connectivity index (χ1n) is 10.3. The summed E-state index contributed by atoms with van der Waals surface area (Å²) in [7, 11) is 0. The summed E-state index contributed by atoms with van der Waals surface area (Å²) in [5.74, 6) is 0.222. The fourth-order valence-electron chi connectivity index (χ4n) is 3.67. The van der Waals surface area contributed by atoms with Gasteiger partial charge in [-0.15, -0.1) is 0 Å². The molecule has 1 aliphatic rings. The van der Waals surface area contributed by atoms with Crippen LogP contribution >= 0.6 is 57.5 Å². The summed E-state index contributed by atoms with van der Waals surface area (Å²) in [5, 5.41) is 9.31. The molecule has 0 saturated carbocycles. The topological polar surface area (TPSA) is 76.1 Å². The molecule has 5 aromatic rings. The second kappa shape index (κ2) is 8.96. The quantitative estimate of drug-likeness (QED) is 0.218. The van der Waals surface area contributed by atoms with Gasteiger partial charge >= 0.3 is 0 Å². The Labute approximate surface area is 222 Å². The van der Waals surface area contributed by atoms with Crippen molar-refractivity contribution in [2.24, 2.45) is 0 Å². The Morgan fingerprint density at radius 3 is 2.14 bits per heavy atom. The number of ether oxygens (including phenoxy) is 1. The smallest absolute Gasteiger partial charge is 0.203 e. The van der Waals surface area contributed by atoms with Crippen molar-refractivity contribution >= 4 is 94.0 Å². The standard InChI is InChI=1S/C24H13Cl3N4O2S2/c25-11-3-6-18-14(7-11)21(32)15(10-28-23-29-16-4-1-12(26)8-19(16)34-23)22(33-18)31-24-30-17-5-2-13(27)9-20(17)35-24/h1-10,22H,(H,28,29)(H,30,31). The third-order valence-electron chi connectivity index (χ3n) is 5.28. The minimum absolute atomic E-state index is 0.216. The molecule has 174 valence electrons. The lowest BCUT2D eigenvalue weighted by Gasteiger charge is -2.28. The number of hydrogen-bond donors (Lipinski definition) is 2. The molecule has 2 aromatic heterocycles. The highest BCUT2D eigenvalue weighted by molar-refractivity contribution is 7.22. The second-order valence-corrected chi connectivity index (χ2v) is 11.0. The summed E-state index contributed by atoms with van der Waals surface area (Å²) in [6.45, 7) is 0. The number of carbonyl (C=O) groups is 1. The first-order chi connectivity index (χ1) is 16.9. The number of anilines is 2. The molecule has 0 amide bonds. The van der Waals surface area contributed by atoms with Gasteiger partial charge in [0.05, 0.1) is 31.6 Å². The lowest BCUT2D eigenvalue weighted by molar-refractivity contribution is 0.0973. The van der Waals surface area contributed by atoms with Crippen molar-refractivity contribution in [3.63, 3.8) is 0 Å². The summed E-state index contributed by atoms with van der Waals surface area (Å²) >= 11 is 21.2. The Balaban J connectivity index is 1.36. The maximum atomic E-state index is 13.5. The van der Waals surface area contributed by atoms with E-state index in [4.69, 9.17) is 39.5 Å². The summed E-state index contributed by atoms with van der Waals surface area (Å²) in [6, 6.07) is 15.9. The van der Waals surface area contributed by atoms with Crippen LogP contribution in [0.25, 0.3) is 20.4 Å². The van der Waals surface area contributed by atoms with Crippen molar-refractivity contribution in [2.45, 2.75) is 6.23 Å². The minimum atomic E-state index is -0.788. The average Bonchev–Trinajstić information content (AvgIpc) is 3.41. The monoisotopic (exact) mass is 558 g/mol. The maximum absolute atomic E-state index is 13.5. The number of hydrogen-bond acceptors (Lipinski definition) is 8. The molecule has 3 aromatic carbocycles. The molecule has 0 saturated heterocycles. The van der Waals surface area contributed by atoms with Gasteiger partial charge in [0.2, 0.25) is 6.23 Å². The third-order valence-corrected chi connectivity index (χ3v) is 7.89. The van der Waals surface area contributed by atoms with E-state index in [0.717, 1.165) is 20.4 Å². The van der Waals surface area contributed by atoms with Crippen LogP contribution in [0.4, 0.5) is 10.3 Å². The van der Waals surface area contributed by atoms with Gasteiger partial charge in [-0.3, -0.25) is 4.79 Å². The zero-order valence-electron chi connectivity index (χ0n) is 17.5. The summed E-state index contributed by atoms with van der Waals surface area (Å²) in [4.78, 5) is 22.6. The molecular weight excluding hydrogens is 547 g/mol. The van der Waals surface area contributed by atoms with Crippen LogP contribution in [0, 0.1) is 0 Å². The van der Waals surface area contributed by atoms with Gasteiger partial charge < -0.3 is 15.4 Å². The summed E-state index contributed by atoms with van der Waals surface area (Å²) in [5.41, 5.74) is 2.35. The summed E-state index contributed by atoms with van der Waals surface area (Å²) in [6.07, 6.45) is 0.816. The zero-order valence-corrected chi connectivity index (χ0v) is 21.4. The van der Waals surface area contributed by atoms with Crippen LogP contribution in [0.3, 0.4) is 0 Å². The van der Waals surface area contributed by atoms with Crippen molar-refractivity contribution in [2.75, 3.05) is 10.6 Å². The number of carbonyl (C=O) groups excluding carboxylic acids is 1. The van der Waals surface area contributed by atoms with Gasteiger partial charge in [0.1, 0.15) is 5.75 Å². The number of thiazole rings is 2. The van der Waals surface area contributed by atoms with Crippen LogP contribution in [-0.4, -0.2) is 22.0 Å². The Morgan fingerprint density at radius 1 is 0.829 bits per heavy atom. The molecule has 0 aliphatic carbocycles. The van der Waals surface area contributed by atoms with E-state index in [1.807, 2.05) is 24.3 Å². The molecule has 35 heavy (non-hydrogen) atoms. The number of Topliss-reactive ketones (excluding diaryl/α,β-unsaturated/α-hetero) is 1. The number of benzene rings is 3. The number of halogens is 3. The average molecular weight is 560 g/mol. The van der Waals surface area contributed by atoms with E-state index in [2.05, 4.69) is 20.6 Å². The number of rotatable bonds is 4. The number of nitrogens with zero attached hydrogens (tertiary/aromatic N) is 2. The molecule has 6 nitrogen and oxygen atoms in total. The Kier molecular flexibility index (Phi) is 5.78. The molecule has 1 atom stereocenters. The molecule has 0 bridgehead atoms. The highest BCUT2D eigenvalue weighted by Gasteiger charge is 2.33. The maximum Gasteiger partial charge on any atom is 0.203 e. The van der Waals surface area contributed by atoms with Gasteiger partial charge in [-0.2, -0.15) is 0 Å². The van der Waals surface area contributed by atoms with E-state index < -0.39 is 6.23 Å². The minimum Gasteiger partial charge on any atom is -0.465 e. The van der Waals surface area contributed by atoms with Crippen molar-refractivity contribution in [1.29, 1.82) is 0 Å². The van der Waals surface area contributed by atoms with Crippen molar-refractivity contribution in [3.8, 4) is 5.75 Å². The Hall–Kier alpha value is -2.88. The number of fused-ring (bicyclic) bond motifs is 3. The van der Waals surface area contributed by atoms with Gasteiger partial charge in [-0.05, 0) is 54.6 Å². The third kappa shape index (κ3) is 4.44. The van der Waals surface area contributed by atoms with Gasteiger partial charge in [0, 0.05) is 21.3 Å². The molecule has 3 heterocycles. The summed E-state index contributed by atoms with van der Waals surface area (Å²) < 4.78 is 8.02. The van der Waals surface area contributed by atoms with E-state index in [1.165, 1.54) is 22.7 Å². The predicted octanol–water partition coefficient (Wildman–Crippen LogP) is 7.88. The van der Waals surface area contributed by atoms with E-state index in [0.29, 0.717) is 42.2 Å². The highest BCUT2D eigenvalue weighted by atomic mass is 35.5. The number of ketones is 1. The Bertz CT molecular complexity index is 1660. The molecule has 0 spiro atoms. The molecule has 1 aliphatic heterocycles. The van der Waals surface area contributed by atoms with Crippen LogP contribution in [0.1, 0.15) is 10.4 Å². The molecule has 11 heteroatoms. The fourth-order valence-corrected chi connectivity index (χ4v) is 6.11. The van der Waals surface area contributed by atoms with Gasteiger partial charge in [0.25, 0.3) is 0 Å². The predicted molar refractivity (Wildman–Crippen MR) is 145 cm³/mol. The van der Waals surface area contributed by atoms with Gasteiger partial charge in [-0.25, -0.2) is 9.97 Å². The zero-order chi connectivity index (χ0) is 24.1. The lowest BCUT2D eigenvalue weighted by Crippen LogP contribution is -2.37. The first kappa shape index (κ1) is 22.6. The van der Waals surface area contributed by atoms with Crippen LogP contribution in [-0.2, 0) is 0 Å². The second-order valence-electron chi connectivity index (χ2n) is 7.62. The largest absolute Gasteiger partial charge is 0.465 e. The molecule has 2 N–H and O–H groups in total. The van der Waals surface area contributed by atoms with E-state index in [1.54, 1.807) is 36.5 Å². The lowest BCUT2D eigenvalue weighted by atomic mass is 9.99. The van der Waals surface area contributed by atoms with E-state index in [-0.39, 0.29) is 5.78 Å². The van der Waals surface area contributed by atoms with E-state index in [9.17, 15) is 4.79 Å². The fraction of sp³-hybridized carbons (Fsp3) is 0.0417. The SMILES string of the molecule is O=C1C(=CNc2nc3ccc(Cl)cc3s2)C(Nc2nc3ccc(Cl)cc3s2)Oc2ccc(Cl)cc21. The normalized spacial score (nSPS) is 16.5. The first-order valence-corrected chi connectivity index (χ1v) is 13.1. The molecule has 6 rings (SSSR count). The number of nitrogens with one attached hydrogen (secondary N) is 2. The number of aromatic nitrogens is 2. The van der Waals surface area contributed by atoms with Gasteiger partial charge in [0.15, 0.2) is 16.0 Å². The highest BCUT2D eigenvalue weighted by Crippen LogP contribution is 2.36. The van der Waals surface area contributed by atoms with Crippen LogP contribution in [0.2, 0.25) is 15.1 Å². The van der Waals surface area contributed by atoms with Crippen LogP contribution in [0.15, 0.2) is 66.4 Å². The van der Waals surface area contributed by atoms with Gasteiger partial charge in [-0.1, -0.05) is 57.5 Å². The van der Waals surface area contributed by atoms with E-state index >= 15 is 0 Å². The van der Waals surface area contributed by atoms with Crippen molar-refractivity contribution < 1.29 is 9.53 Å². The van der Waals surface area contributed by atoms with Crippen LogP contribution in [0.5, 0.6) is 5.75 Å².